The molecule has 6 nitrogen and oxygen atoms in total. The molecule has 1 saturated heterocycles. The van der Waals surface area contributed by atoms with Crippen molar-refractivity contribution in [3.63, 3.8) is 0 Å². The van der Waals surface area contributed by atoms with Crippen LogP contribution in [0.3, 0.4) is 0 Å². The number of nitriles is 1. The minimum absolute atomic E-state index is 0.148. The summed E-state index contributed by atoms with van der Waals surface area (Å²) in [6.07, 6.45) is 0.724. The Bertz CT molecular complexity index is 711. The van der Waals surface area contributed by atoms with Crippen LogP contribution in [0.4, 0.5) is 8.78 Å². The molecule has 1 N–H and O–H groups in total. The highest BCUT2D eigenvalue weighted by Gasteiger charge is 2.47. The Morgan fingerprint density at radius 1 is 1.58 bits per heavy atom. The van der Waals surface area contributed by atoms with E-state index in [1.165, 1.54) is 12.3 Å². The van der Waals surface area contributed by atoms with Gasteiger partial charge in [-0.2, -0.15) is 5.26 Å². The van der Waals surface area contributed by atoms with Crippen LogP contribution in [0.25, 0.3) is 0 Å². The fourth-order valence-electron chi connectivity index (χ4n) is 2.30. The van der Waals surface area contributed by atoms with Crippen LogP contribution >= 0.6 is 34.2 Å². The zero-order valence-electron chi connectivity index (χ0n) is 12.2. The van der Waals surface area contributed by atoms with Gasteiger partial charge < -0.3 is 10.2 Å². The molecule has 1 aliphatic heterocycles. The predicted molar refractivity (Wildman–Crippen MR) is 90.0 cm³/mol. The van der Waals surface area contributed by atoms with E-state index in [2.05, 4.69) is 10.3 Å². The summed E-state index contributed by atoms with van der Waals surface area (Å²) in [6.45, 7) is -1.32. The molecule has 2 heterocycles. The number of aromatic nitrogens is 1. The van der Waals surface area contributed by atoms with Crippen molar-refractivity contribution < 1.29 is 18.4 Å². The monoisotopic (exact) mass is 468 g/mol. The molecular weight excluding hydrogens is 457 g/mol. The van der Waals surface area contributed by atoms with Gasteiger partial charge in [0, 0.05) is 17.0 Å². The van der Waals surface area contributed by atoms with Gasteiger partial charge in [0.15, 0.2) is 0 Å². The van der Waals surface area contributed by atoms with E-state index in [1.807, 2.05) is 22.6 Å². The molecule has 1 atom stereocenters. The van der Waals surface area contributed by atoms with Crippen molar-refractivity contribution in [2.75, 3.05) is 13.1 Å². The number of amides is 2. The highest BCUT2D eigenvalue weighted by atomic mass is 127. The number of carbonyl (C=O) groups excluding carboxylic acids is 2. The van der Waals surface area contributed by atoms with Crippen molar-refractivity contribution in [1.29, 1.82) is 5.26 Å². The number of likely N-dealkylation sites (tertiary alicyclic amines) is 1. The van der Waals surface area contributed by atoms with E-state index in [-0.39, 0.29) is 10.6 Å². The number of halogens is 4. The van der Waals surface area contributed by atoms with Gasteiger partial charge in [-0.05, 0) is 6.07 Å². The summed E-state index contributed by atoms with van der Waals surface area (Å²) in [5.74, 6) is -4.45. The van der Waals surface area contributed by atoms with Gasteiger partial charge >= 0.3 is 0 Å². The van der Waals surface area contributed by atoms with Crippen LogP contribution in [0.1, 0.15) is 22.5 Å². The van der Waals surface area contributed by atoms with Crippen LogP contribution in [0, 0.1) is 11.3 Å². The minimum atomic E-state index is -3.09. The smallest absolute Gasteiger partial charge is 0.268 e. The lowest BCUT2D eigenvalue weighted by Crippen LogP contribution is -2.43. The summed E-state index contributed by atoms with van der Waals surface area (Å²) >= 11 is 8.11. The van der Waals surface area contributed by atoms with E-state index in [0.717, 1.165) is 4.90 Å². The van der Waals surface area contributed by atoms with Gasteiger partial charge in [0.25, 0.3) is 11.8 Å². The molecule has 0 unspecified atom stereocenters. The number of rotatable bonds is 4. The van der Waals surface area contributed by atoms with Gasteiger partial charge in [-0.25, -0.2) is 8.78 Å². The van der Waals surface area contributed by atoms with Crippen LogP contribution in [0.2, 0.25) is 5.02 Å². The zero-order chi connectivity index (χ0) is 17.9. The Morgan fingerprint density at radius 2 is 2.29 bits per heavy atom. The lowest BCUT2D eigenvalue weighted by atomic mass is 10.2. The van der Waals surface area contributed by atoms with Crippen LogP contribution < -0.4 is 5.32 Å². The van der Waals surface area contributed by atoms with E-state index in [4.69, 9.17) is 16.9 Å². The van der Waals surface area contributed by atoms with E-state index in [9.17, 15) is 18.4 Å². The van der Waals surface area contributed by atoms with Crippen molar-refractivity contribution in [3.05, 3.63) is 28.5 Å². The largest absolute Gasteiger partial charge is 0.343 e. The maximum atomic E-state index is 13.3. The van der Waals surface area contributed by atoms with Crippen molar-refractivity contribution in [2.45, 2.75) is 22.8 Å². The second kappa shape index (κ2) is 7.57. The molecule has 128 valence electrons. The van der Waals surface area contributed by atoms with E-state index >= 15 is 0 Å². The summed E-state index contributed by atoms with van der Waals surface area (Å²) in [5.41, 5.74) is 0.676. The number of carbonyl (C=O) groups is 2. The third kappa shape index (κ3) is 4.10. The number of nitrogens with zero attached hydrogens (tertiary/aromatic N) is 3. The number of hydrogen-bond donors (Lipinski definition) is 1. The highest BCUT2D eigenvalue weighted by molar-refractivity contribution is 14.1. The van der Waals surface area contributed by atoms with Crippen molar-refractivity contribution in [1.82, 2.24) is 15.2 Å². The van der Waals surface area contributed by atoms with E-state index < -0.39 is 43.3 Å². The molecule has 1 aromatic rings. The van der Waals surface area contributed by atoms with Crippen molar-refractivity contribution >= 4 is 46.0 Å². The maximum Gasteiger partial charge on any atom is 0.268 e. The molecule has 1 aliphatic rings. The van der Waals surface area contributed by atoms with Crippen molar-refractivity contribution in [3.8, 4) is 6.07 Å². The third-order valence-electron chi connectivity index (χ3n) is 3.47. The predicted octanol–water partition coefficient (Wildman–Crippen LogP) is 2.16. The first-order chi connectivity index (χ1) is 11.3. The Hall–Kier alpha value is -1.54. The molecule has 2 rings (SSSR count). The molecule has 2 amide bonds. The van der Waals surface area contributed by atoms with Crippen LogP contribution in [-0.4, -0.2) is 46.8 Å². The average Bonchev–Trinajstić information content (AvgIpc) is 2.87. The van der Waals surface area contributed by atoms with E-state index in [1.54, 1.807) is 6.07 Å². The molecule has 0 aliphatic carbocycles. The second-order valence-electron chi connectivity index (χ2n) is 5.16. The summed E-state index contributed by atoms with van der Waals surface area (Å²) in [5, 5.41) is 11.4. The summed E-state index contributed by atoms with van der Waals surface area (Å²) < 4.78 is 27.2. The Kier molecular flexibility index (Phi) is 5.92. The van der Waals surface area contributed by atoms with Gasteiger partial charge in [0.2, 0.25) is 5.91 Å². The zero-order valence-corrected chi connectivity index (χ0v) is 15.1. The van der Waals surface area contributed by atoms with Crippen molar-refractivity contribution in [2.24, 2.45) is 0 Å². The molecule has 0 spiro atoms. The number of alkyl halides is 3. The molecule has 0 aromatic carbocycles. The molecule has 24 heavy (non-hydrogen) atoms. The van der Waals surface area contributed by atoms with Crippen LogP contribution in [0.15, 0.2) is 12.3 Å². The topological polar surface area (TPSA) is 86.1 Å². The van der Waals surface area contributed by atoms with Gasteiger partial charge in [-0.15, -0.1) is 0 Å². The quantitative estimate of drug-likeness (QED) is 0.542. The lowest BCUT2D eigenvalue weighted by Gasteiger charge is -2.19. The molecule has 0 bridgehead atoms. The van der Waals surface area contributed by atoms with Crippen LogP contribution in [0.5, 0.6) is 0 Å². The average molecular weight is 469 g/mol. The fourth-order valence-corrected chi connectivity index (χ4v) is 3.37. The van der Waals surface area contributed by atoms with Gasteiger partial charge in [0.1, 0.15) is 6.04 Å². The Balaban J connectivity index is 2.02. The maximum absolute atomic E-state index is 13.3. The first kappa shape index (κ1) is 18.8. The first-order valence-corrected chi connectivity index (χ1v) is 8.74. The molecule has 0 saturated carbocycles. The molecule has 10 heteroatoms. The van der Waals surface area contributed by atoms with Gasteiger partial charge in [-0.3, -0.25) is 14.6 Å². The molecule has 0 radical (unpaired) electrons. The Morgan fingerprint density at radius 3 is 2.92 bits per heavy atom. The highest BCUT2D eigenvalue weighted by Crippen LogP contribution is 2.31. The summed E-state index contributed by atoms with van der Waals surface area (Å²) in [4.78, 5) is 29.0. The minimum Gasteiger partial charge on any atom is -0.343 e. The number of nitrogens with one attached hydrogen (secondary N) is 1. The molecule has 1 aromatic heterocycles. The summed E-state index contributed by atoms with van der Waals surface area (Å²) in [6, 6.07) is 1.88. The second-order valence-corrected chi connectivity index (χ2v) is 6.30. The number of pyridine rings is 1. The first-order valence-electron chi connectivity index (χ1n) is 6.83. The fraction of sp³-hybridized carbons (Fsp3) is 0.429. The molecule has 1 fully saturated rings. The molecular formula is C14H12ClF2IN4O2. The third-order valence-corrected chi connectivity index (χ3v) is 4.62. The number of hydrogen-bond acceptors (Lipinski definition) is 4. The lowest BCUT2D eigenvalue weighted by molar-refractivity contribution is -0.131. The van der Waals surface area contributed by atoms with Gasteiger partial charge in [-0.1, -0.05) is 34.2 Å². The summed E-state index contributed by atoms with van der Waals surface area (Å²) in [7, 11) is 0. The SMILES string of the molecule is N#C[C@@H]1CC(F)(F)CN1C(=O)CNC(=O)c1ccnc(CI)c1Cl. The van der Waals surface area contributed by atoms with E-state index in [0.29, 0.717) is 10.1 Å². The standard InChI is InChI=1S/C14H12ClF2IN4O2/c15-12-9(1-2-20-10(12)4-18)13(24)21-6-11(23)22-7-14(16,17)3-8(22)5-19/h1-2,8H,3-4,6-7H2,(H,21,24)/t8-/m0/s1. The van der Waals surface area contributed by atoms with Crippen LogP contribution in [-0.2, 0) is 9.22 Å². The Labute approximate surface area is 155 Å². The van der Waals surface area contributed by atoms with Gasteiger partial charge in [0.05, 0.1) is 35.4 Å². The normalized spacial score (nSPS) is 19.0.